The van der Waals surface area contributed by atoms with Gasteiger partial charge < -0.3 is 15.2 Å². The first kappa shape index (κ1) is 22.6. The zero-order chi connectivity index (χ0) is 20.3. The van der Waals surface area contributed by atoms with Crippen molar-refractivity contribution in [3.63, 3.8) is 0 Å². The maximum absolute atomic E-state index is 13.6. The lowest BCUT2D eigenvalue weighted by Crippen LogP contribution is -2.26. The first-order valence-corrected chi connectivity index (χ1v) is 8.42. The van der Waals surface area contributed by atoms with Crippen molar-refractivity contribution >= 4 is 30.0 Å². The molecule has 0 aliphatic heterocycles. The molecule has 5 nitrogen and oxygen atoms in total. The van der Waals surface area contributed by atoms with Crippen molar-refractivity contribution in [1.29, 1.82) is 0 Å². The summed E-state index contributed by atoms with van der Waals surface area (Å²) in [6, 6.07) is 14.1. The molecule has 0 spiro atoms. The van der Waals surface area contributed by atoms with Gasteiger partial charge in [-0.05, 0) is 23.3 Å². The van der Waals surface area contributed by atoms with Crippen molar-refractivity contribution in [2.24, 2.45) is 0 Å². The van der Waals surface area contributed by atoms with Crippen molar-refractivity contribution in [3.8, 4) is 22.8 Å². The van der Waals surface area contributed by atoms with Gasteiger partial charge in [-0.15, -0.1) is 12.4 Å². The van der Waals surface area contributed by atoms with Gasteiger partial charge in [0.05, 0.1) is 7.11 Å². The Morgan fingerprint density at radius 2 is 1.69 bits per heavy atom. The molecule has 1 heterocycles. The molecule has 0 saturated carbocycles. The Balaban J connectivity index is 0.00000300. The number of hydrogen-bond donors (Lipinski definition) is 1. The number of aromatic nitrogens is 2. The van der Waals surface area contributed by atoms with E-state index in [1.165, 1.54) is 12.1 Å². The Morgan fingerprint density at radius 1 is 1.00 bits per heavy atom. The summed E-state index contributed by atoms with van der Waals surface area (Å²) >= 11 is 5.70. The predicted octanol–water partition coefficient (Wildman–Crippen LogP) is 5.49. The smallest absolute Gasteiger partial charge is 0.429 e. The second-order valence-corrected chi connectivity index (χ2v) is 6.17. The molecule has 29 heavy (non-hydrogen) atoms. The van der Waals surface area contributed by atoms with Crippen LogP contribution in [0, 0.1) is 0 Å². The van der Waals surface area contributed by atoms with Gasteiger partial charge in [-0.2, -0.15) is 18.2 Å². The number of hydrogen-bond acceptors (Lipinski definition) is 5. The maximum Gasteiger partial charge on any atom is 0.429 e. The lowest BCUT2D eigenvalue weighted by molar-refractivity contribution is -0.198. The van der Waals surface area contributed by atoms with Gasteiger partial charge in [-0.25, -0.2) is 4.98 Å². The summed E-state index contributed by atoms with van der Waals surface area (Å²) in [5, 5.41) is -0.114. The lowest BCUT2D eigenvalue weighted by Gasteiger charge is -2.22. The molecule has 0 unspecified atom stereocenters. The molecule has 10 heteroatoms. The molecular formula is C19H16Cl2F3N3O2. The van der Waals surface area contributed by atoms with E-state index in [-0.39, 0.29) is 35.0 Å². The topological polar surface area (TPSA) is 70.3 Å². The third kappa shape index (κ3) is 5.65. The number of alkyl halides is 3. The summed E-state index contributed by atoms with van der Waals surface area (Å²) in [6.45, 7) is 0. The SMILES string of the molecule is COc1cccc(-c2ccc([C@@H](Oc3cc(Cl)nc(N)n3)C(F)(F)F)cc2)c1.Cl. The van der Waals surface area contributed by atoms with Crippen LogP contribution in [0.15, 0.2) is 54.6 Å². The predicted molar refractivity (Wildman–Crippen MR) is 107 cm³/mol. The molecule has 1 atom stereocenters. The van der Waals surface area contributed by atoms with Crippen LogP contribution in [0.25, 0.3) is 11.1 Å². The van der Waals surface area contributed by atoms with Crippen LogP contribution in [-0.2, 0) is 0 Å². The van der Waals surface area contributed by atoms with Gasteiger partial charge in [0.2, 0.25) is 17.9 Å². The minimum absolute atomic E-state index is 0. The second kappa shape index (κ2) is 9.19. The number of nitrogens with zero attached hydrogens (tertiary/aromatic N) is 2. The van der Waals surface area contributed by atoms with Gasteiger partial charge in [0, 0.05) is 11.6 Å². The van der Waals surface area contributed by atoms with Crippen molar-refractivity contribution in [2.45, 2.75) is 12.3 Å². The van der Waals surface area contributed by atoms with E-state index in [1.54, 1.807) is 37.4 Å². The quantitative estimate of drug-likeness (QED) is 0.525. The fourth-order valence-corrected chi connectivity index (χ4v) is 2.75. The van der Waals surface area contributed by atoms with Crippen LogP contribution in [0.4, 0.5) is 19.1 Å². The Bertz CT molecular complexity index is 949. The first-order valence-electron chi connectivity index (χ1n) is 8.04. The summed E-state index contributed by atoms with van der Waals surface area (Å²) < 4.78 is 50.9. The fraction of sp³-hybridized carbons (Fsp3) is 0.158. The summed E-state index contributed by atoms with van der Waals surface area (Å²) in [6.07, 6.45) is -6.92. The summed E-state index contributed by atoms with van der Waals surface area (Å²) in [5.74, 6) is 0.00445. The van der Waals surface area contributed by atoms with E-state index in [4.69, 9.17) is 26.8 Å². The molecule has 1 aromatic heterocycles. The first-order chi connectivity index (χ1) is 13.3. The van der Waals surface area contributed by atoms with Crippen LogP contribution in [0.3, 0.4) is 0 Å². The Hall–Kier alpha value is -2.71. The fourth-order valence-electron chi connectivity index (χ4n) is 2.57. The van der Waals surface area contributed by atoms with Gasteiger partial charge in [0.25, 0.3) is 0 Å². The number of rotatable bonds is 5. The average molecular weight is 446 g/mol. The highest BCUT2D eigenvalue weighted by atomic mass is 35.5. The highest BCUT2D eigenvalue weighted by Crippen LogP contribution is 2.37. The highest BCUT2D eigenvalue weighted by molar-refractivity contribution is 6.29. The number of methoxy groups -OCH3 is 1. The Labute approximate surface area is 176 Å². The summed E-state index contributed by atoms with van der Waals surface area (Å²) in [5.41, 5.74) is 6.87. The normalized spacial score (nSPS) is 12.0. The van der Waals surface area contributed by atoms with Crippen LogP contribution < -0.4 is 15.2 Å². The molecule has 154 valence electrons. The van der Waals surface area contributed by atoms with Gasteiger partial charge >= 0.3 is 6.18 Å². The molecule has 3 rings (SSSR count). The Morgan fingerprint density at radius 3 is 2.28 bits per heavy atom. The summed E-state index contributed by atoms with van der Waals surface area (Å²) in [4.78, 5) is 7.24. The van der Waals surface area contributed by atoms with Crippen LogP contribution in [0.2, 0.25) is 5.15 Å². The van der Waals surface area contributed by atoms with E-state index in [0.29, 0.717) is 5.75 Å². The van der Waals surface area contributed by atoms with Crippen LogP contribution in [0.1, 0.15) is 11.7 Å². The van der Waals surface area contributed by atoms with E-state index in [2.05, 4.69) is 9.97 Å². The number of benzene rings is 2. The molecule has 0 aliphatic carbocycles. The molecule has 0 radical (unpaired) electrons. The number of anilines is 1. The van der Waals surface area contributed by atoms with Crippen LogP contribution in [-0.4, -0.2) is 23.3 Å². The lowest BCUT2D eigenvalue weighted by atomic mass is 10.0. The van der Waals surface area contributed by atoms with Gasteiger partial charge in [-0.3, -0.25) is 0 Å². The van der Waals surface area contributed by atoms with E-state index in [9.17, 15) is 13.2 Å². The van der Waals surface area contributed by atoms with Gasteiger partial charge in [0.1, 0.15) is 10.9 Å². The monoisotopic (exact) mass is 445 g/mol. The van der Waals surface area contributed by atoms with Crippen LogP contribution >= 0.6 is 24.0 Å². The standard InChI is InChI=1S/C19H15ClF3N3O2.ClH/c1-27-14-4-2-3-13(9-14)11-5-7-12(8-6-11)17(19(21,22)23)28-16-10-15(20)25-18(24)26-16;/h2-10,17H,1H3,(H2,24,25,26);1H/t17-;/m1./s1. The third-order valence-electron chi connectivity index (χ3n) is 3.84. The largest absolute Gasteiger partial charge is 0.497 e. The maximum atomic E-state index is 13.6. The van der Waals surface area contributed by atoms with E-state index in [0.717, 1.165) is 17.2 Å². The zero-order valence-corrected chi connectivity index (χ0v) is 16.6. The third-order valence-corrected chi connectivity index (χ3v) is 4.03. The summed E-state index contributed by atoms with van der Waals surface area (Å²) in [7, 11) is 1.54. The van der Waals surface area contributed by atoms with Gasteiger partial charge in [-0.1, -0.05) is 48.0 Å². The van der Waals surface area contributed by atoms with Crippen LogP contribution in [0.5, 0.6) is 11.6 Å². The van der Waals surface area contributed by atoms with Crippen molar-refractivity contribution < 1.29 is 22.6 Å². The minimum Gasteiger partial charge on any atom is -0.497 e. The molecule has 0 amide bonds. The number of nitrogen functional groups attached to an aromatic ring is 1. The van der Waals surface area contributed by atoms with Crippen molar-refractivity contribution in [1.82, 2.24) is 9.97 Å². The number of ether oxygens (including phenoxy) is 2. The number of halogens is 5. The molecule has 0 bridgehead atoms. The van der Waals surface area contributed by atoms with E-state index < -0.39 is 12.3 Å². The molecule has 0 fully saturated rings. The average Bonchev–Trinajstić information content (AvgIpc) is 2.65. The van der Waals surface area contributed by atoms with Gasteiger partial charge in [0.15, 0.2) is 0 Å². The number of nitrogens with two attached hydrogens (primary N) is 1. The van der Waals surface area contributed by atoms with Crippen molar-refractivity contribution in [2.75, 3.05) is 12.8 Å². The molecule has 0 saturated heterocycles. The van der Waals surface area contributed by atoms with Crippen molar-refractivity contribution in [3.05, 3.63) is 65.3 Å². The van der Waals surface area contributed by atoms with E-state index >= 15 is 0 Å². The van der Waals surface area contributed by atoms with E-state index in [1.807, 2.05) is 6.07 Å². The molecule has 2 aromatic carbocycles. The highest BCUT2D eigenvalue weighted by Gasteiger charge is 2.43. The molecule has 3 aromatic rings. The molecule has 2 N–H and O–H groups in total. The Kier molecular flexibility index (Phi) is 7.16. The second-order valence-electron chi connectivity index (χ2n) is 5.78. The zero-order valence-electron chi connectivity index (χ0n) is 15.0. The minimum atomic E-state index is -4.68. The molecule has 0 aliphatic rings. The molecular weight excluding hydrogens is 430 g/mol.